The van der Waals surface area contributed by atoms with E-state index in [9.17, 15) is 4.79 Å². The van der Waals surface area contributed by atoms with Gasteiger partial charge in [0.1, 0.15) is 5.69 Å². The molecule has 2 saturated heterocycles. The van der Waals surface area contributed by atoms with Crippen LogP contribution >= 0.6 is 0 Å². The second kappa shape index (κ2) is 7.68. The third kappa shape index (κ3) is 4.00. The highest BCUT2D eigenvalue weighted by Crippen LogP contribution is 2.30. The summed E-state index contributed by atoms with van der Waals surface area (Å²) in [4.78, 5) is 15.2. The number of nitrogens with zero attached hydrogens (tertiary/aromatic N) is 3. The van der Waals surface area contributed by atoms with Gasteiger partial charge in [-0.3, -0.25) is 9.48 Å². The Hall–Kier alpha value is -1.36. The zero-order chi connectivity index (χ0) is 17.1. The Bertz CT molecular complexity index is 564. The van der Waals surface area contributed by atoms with Gasteiger partial charge in [-0.1, -0.05) is 20.3 Å². The highest BCUT2D eigenvalue weighted by atomic mass is 16.2. The van der Waals surface area contributed by atoms with Gasteiger partial charge in [0.2, 0.25) is 0 Å². The molecule has 1 aromatic heterocycles. The monoisotopic (exact) mass is 332 g/mol. The SMILES string of the molecule is CC(C)Cc1cc(C(=O)NC[C@H]2CCCN3CCCC[C@H]23)n(C)n1. The van der Waals surface area contributed by atoms with Crippen molar-refractivity contribution >= 4 is 5.91 Å². The lowest BCUT2D eigenvalue weighted by molar-refractivity contribution is 0.0574. The van der Waals surface area contributed by atoms with Crippen molar-refractivity contribution in [3.05, 3.63) is 17.5 Å². The molecule has 0 aromatic carbocycles. The first kappa shape index (κ1) is 17.5. The molecule has 24 heavy (non-hydrogen) atoms. The number of carbonyl (C=O) groups is 1. The van der Waals surface area contributed by atoms with Gasteiger partial charge < -0.3 is 10.2 Å². The molecule has 1 amide bonds. The van der Waals surface area contributed by atoms with Crippen LogP contribution in [0.25, 0.3) is 0 Å². The van der Waals surface area contributed by atoms with Gasteiger partial charge in [0.05, 0.1) is 5.69 Å². The van der Waals surface area contributed by atoms with E-state index in [4.69, 9.17) is 0 Å². The minimum atomic E-state index is 0.0212. The largest absolute Gasteiger partial charge is 0.350 e. The molecule has 5 heteroatoms. The summed E-state index contributed by atoms with van der Waals surface area (Å²) in [6.45, 7) is 7.64. The summed E-state index contributed by atoms with van der Waals surface area (Å²) in [5.41, 5.74) is 1.69. The lowest BCUT2D eigenvalue weighted by Gasteiger charge is -2.44. The average Bonchev–Trinajstić information content (AvgIpc) is 2.92. The molecule has 1 aromatic rings. The predicted octanol–water partition coefficient (Wildman–Crippen LogP) is 2.61. The summed E-state index contributed by atoms with van der Waals surface area (Å²) in [5, 5.41) is 7.66. The van der Waals surface area contributed by atoms with E-state index in [1.165, 1.54) is 45.2 Å². The van der Waals surface area contributed by atoms with Gasteiger partial charge >= 0.3 is 0 Å². The van der Waals surface area contributed by atoms with E-state index in [0.29, 0.717) is 23.6 Å². The van der Waals surface area contributed by atoms with Gasteiger partial charge in [0.15, 0.2) is 0 Å². The third-order valence-corrected chi connectivity index (χ3v) is 5.53. The maximum Gasteiger partial charge on any atom is 0.269 e. The number of aromatic nitrogens is 2. The molecule has 0 spiro atoms. The summed E-state index contributed by atoms with van der Waals surface area (Å²) < 4.78 is 1.72. The van der Waals surface area contributed by atoms with Crippen molar-refractivity contribution in [2.75, 3.05) is 19.6 Å². The lowest BCUT2D eigenvalue weighted by Crippen LogP contribution is -2.51. The molecule has 2 aliphatic heterocycles. The number of piperidine rings is 2. The van der Waals surface area contributed by atoms with Crippen molar-refractivity contribution in [3.63, 3.8) is 0 Å². The molecule has 2 aliphatic rings. The van der Waals surface area contributed by atoms with Crippen LogP contribution in [0.4, 0.5) is 0 Å². The van der Waals surface area contributed by atoms with Gasteiger partial charge in [0.25, 0.3) is 5.91 Å². The standard InChI is InChI=1S/C19H32N4O/c1-14(2)11-16-12-18(22(3)21-16)19(24)20-13-15-7-6-10-23-9-5-4-8-17(15)23/h12,14-15,17H,4-11,13H2,1-3H3,(H,20,24)/t15-,17-/m1/s1. The summed E-state index contributed by atoms with van der Waals surface area (Å²) in [5.74, 6) is 1.18. The Kier molecular flexibility index (Phi) is 5.59. The number of hydrogen-bond donors (Lipinski definition) is 1. The molecule has 0 unspecified atom stereocenters. The van der Waals surface area contributed by atoms with Crippen molar-refractivity contribution < 1.29 is 4.79 Å². The zero-order valence-electron chi connectivity index (χ0n) is 15.4. The number of hydrogen-bond acceptors (Lipinski definition) is 3. The highest BCUT2D eigenvalue weighted by molar-refractivity contribution is 5.92. The van der Waals surface area contributed by atoms with Crippen LogP contribution in [0.5, 0.6) is 0 Å². The van der Waals surface area contributed by atoms with Crippen molar-refractivity contribution in [1.82, 2.24) is 20.0 Å². The van der Waals surface area contributed by atoms with Crippen LogP contribution in [0, 0.1) is 11.8 Å². The first-order valence-corrected chi connectivity index (χ1v) is 9.59. The number of fused-ring (bicyclic) bond motifs is 1. The number of aryl methyl sites for hydroxylation is 1. The first-order chi connectivity index (χ1) is 11.5. The second-order valence-electron chi connectivity index (χ2n) is 7.95. The normalized spacial score (nSPS) is 24.8. The van der Waals surface area contributed by atoms with Crippen LogP contribution in [0.1, 0.15) is 62.1 Å². The number of rotatable bonds is 5. The van der Waals surface area contributed by atoms with E-state index in [-0.39, 0.29) is 5.91 Å². The molecule has 1 N–H and O–H groups in total. The van der Waals surface area contributed by atoms with Crippen molar-refractivity contribution in [3.8, 4) is 0 Å². The minimum absolute atomic E-state index is 0.0212. The fourth-order valence-electron chi connectivity index (χ4n) is 4.39. The van der Waals surface area contributed by atoms with E-state index < -0.39 is 0 Å². The van der Waals surface area contributed by atoms with Crippen LogP contribution in [-0.2, 0) is 13.5 Å². The zero-order valence-corrected chi connectivity index (χ0v) is 15.4. The molecule has 0 aliphatic carbocycles. The van der Waals surface area contributed by atoms with Gasteiger partial charge in [-0.15, -0.1) is 0 Å². The van der Waals surface area contributed by atoms with Crippen LogP contribution < -0.4 is 5.32 Å². The van der Waals surface area contributed by atoms with Gasteiger partial charge in [0, 0.05) is 19.6 Å². The molecular weight excluding hydrogens is 300 g/mol. The molecule has 0 bridgehead atoms. The smallest absolute Gasteiger partial charge is 0.269 e. The predicted molar refractivity (Wildman–Crippen MR) is 96.0 cm³/mol. The first-order valence-electron chi connectivity index (χ1n) is 9.59. The van der Waals surface area contributed by atoms with Crippen molar-refractivity contribution in [2.24, 2.45) is 18.9 Å². The number of carbonyl (C=O) groups excluding carboxylic acids is 1. The fourth-order valence-corrected chi connectivity index (χ4v) is 4.39. The molecule has 2 fully saturated rings. The quantitative estimate of drug-likeness (QED) is 0.902. The van der Waals surface area contributed by atoms with Crippen LogP contribution in [0.15, 0.2) is 6.07 Å². The summed E-state index contributed by atoms with van der Waals surface area (Å²) in [6.07, 6.45) is 7.40. The Morgan fingerprint density at radius 3 is 2.88 bits per heavy atom. The van der Waals surface area contributed by atoms with E-state index in [0.717, 1.165) is 18.7 Å². The molecule has 0 radical (unpaired) electrons. The van der Waals surface area contributed by atoms with Crippen LogP contribution in [0.2, 0.25) is 0 Å². The fraction of sp³-hybridized carbons (Fsp3) is 0.789. The van der Waals surface area contributed by atoms with Gasteiger partial charge in [-0.2, -0.15) is 5.10 Å². The summed E-state index contributed by atoms with van der Waals surface area (Å²) >= 11 is 0. The molecule has 5 nitrogen and oxygen atoms in total. The average molecular weight is 332 g/mol. The van der Waals surface area contributed by atoms with E-state index in [1.54, 1.807) is 4.68 Å². The molecular formula is C19H32N4O. The van der Waals surface area contributed by atoms with Crippen molar-refractivity contribution in [1.29, 1.82) is 0 Å². The molecule has 2 atom stereocenters. The van der Waals surface area contributed by atoms with E-state index in [1.807, 2.05) is 13.1 Å². The lowest BCUT2D eigenvalue weighted by atomic mass is 9.83. The number of amides is 1. The van der Waals surface area contributed by atoms with Crippen LogP contribution in [0.3, 0.4) is 0 Å². The van der Waals surface area contributed by atoms with Gasteiger partial charge in [-0.25, -0.2) is 0 Å². The second-order valence-corrected chi connectivity index (χ2v) is 7.95. The van der Waals surface area contributed by atoms with Crippen LogP contribution in [-0.4, -0.2) is 46.3 Å². The number of nitrogens with one attached hydrogen (secondary N) is 1. The molecule has 3 heterocycles. The Balaban J connectivity index is 1.58. The van der Waals surface area contributed by atoms with Gasteiger partial charge in [-0.05, 0) is 63.1 Å². The highest BCUT2D eigenvalue weighted by Gasteiger charge is 2.33. The summed E-state index contributed by atoms with van der Waals surface area (Å²) in [6, 6.07) is 2.62. The maximum absolute atomic E-state index is 12.6. The van der Waals surface area contributed by atoms with E-state index >= 15 is 0 Å². The Morgan fingerprint density at radius 2 is 2.08 bits per heavy atom. The maximum atomic E-state index is 12.6. The Labute approximate surface area is 145 Å². The minimum Gasteiger partial charge on any atom is -0.350 e. The molecule has 0 saturated carbocycles. The van der Waals surface area contributed by atoms with E-state index in [2.05, 4.69) is 29.2 Å². The third-order valence-electron chi connectivity index (χ3n) is 5.53. The summed E-state index contributed by atoms with van der Waals surface area (Å²) in [7, 11) is 1.86. The van der Waals surface area contributed by atoms with Crippen molar-refractivity contribution in [2.45, 2.75) is 58.4 Å². The molecule has 3 rings (SSSR count). The molecule has 134 valence electrons. The topological polar surface area (TPSA) is 50.2 Å². The Morgan fingerprint density at radius 1 is 1.29 bits per heavy atom.